The minimum Gasteiger partial charge on any atom is -0.508 e. The molecule has 1 unspecified atom stereocenters. The zero-order valence-electron chi connectivity index (χ0n) is 11.4. The molecule has 1 atom stereocenters. The number of aromatic hydroxyl groups is 1. The second-order valence-corrected chi connectivity index (χ2v) is 5.41. The maximum Gasteiger partial charge on any atom is 0.338 e. The Balaban J connectivity index is 1.81. The van der Waals surface area contributed by atoms with Crippen LogP contribution >= 0.6 is 11.3 Å². The maximum atomic E-state index is 11.7. The molecule has 0 radical (unpaired) electrons. The summed E-state index contributed by atoms with van der Waals surface area (Å²) in [6.45, 7) is 1.53. The van der Waals surface area contributed by atoms with Gasteiger partial charge < -0.3 is 15.2 Å². The molecule has 0 aliphatic carbocycles. The van der Waals surface area contributed by atoms with Gasteiger partial charge in [-0.2, -0.15) is 0 Å². The first-order valence-electron chi connectivity index (χ1n) is 6.35. The van der Waals surface area contributed by atoms with Gasteiger partial charge in [-0.25, -0.2) is 4.79 Å². The van der Waals surface area contributed by atoms with Crippen LogP contribution in [-0.4, -0.2) is 23.6 Å². The highest BCUT2D eigenvalue weighted by molar-refractivity contribution is 7.10. The van der Waals surface area contributed by atoms with Crippen LogP contribution in [0.5, 0.6) is 5.75 Å². The number of esters is 1. The Morgan fingerprint density at radius 2 is 2.00 bits per heavy atom. The van der Waals surface area contributed by atoms with E-state index in [1.54, 1.807) is 11.3 Å². The number of hydrogen-bond acceptors (Lipinski definition) is 5. The lowest BCUT2D eigenvalue weighted by Gasteiger charge is -2.12. The van der Waals surface area contributed by atoms with E-state index in [1.165, 1.54) is 24.3 Å². The number of rotatable bonds is 5. The number of carbonyl (C=O) groups is 2. The van der Waals surface area contributed by atoms with Crippen LogP contribution in [0.1, 0.15) is 28.2 Å². The molecule has 1 aromatic heterocycles. The van der Waals surface area contributed by atoms with Gasteiger partial charge in [0, 0.05) is 4.88 Å². The zero-order valence-corrected chi connectivity index (χ0v) is 12.2. The van der Waals surface area contributed by atoms with Gasteiger partial charge in [-0.3, -0.25) is 4.79 Å². The molecule has 0 saturated carbocycles. The number of thiophene rings is 1. The third-order valence-corrected chi connectivity index (χ3v) is 3.84. The fraction of sp³-hybridized carbons (Fsp3) is 0.200. The molecule has 0 bridgehead atoms. The van der Waals surface area contributed by atoms with Crippen molar-refractivity contribution in [2.24, 2.45) is 0 Å². The zero-order chi connectivity index (χ0) is 15.2. The minimum atomic E-state index is -0.603. The summed E-state index contributed by atoms with van der Waals surface area (Å²) >= 11 is 1.55. The van der Waals surface area contributed by atoms with Crippen molar-refractivity contribution in [1.82, 2.24) is 5.32 Å². The first-order chi connectivity index (χ1) is 10.1. The predicted molar refractivity (Wildman–Crippen MR) is 79.3 cm³/mol. The highest BCUT2D eigenvalue weighted by Gasteiger charge is 2.13. The van der Waals surface area contributed by atoms with Crippen LogP contribution in [-0.2, 0) is 9.53 Å². The molecule has 2 N–H and O–H groups in total. The number of phenolic OH excluding ortho intramolecular Hbond substituents is 1. The predicted octanol–water partition coefficient (Wildman–Crippen LogP) is 2.49. The Bertz CT molecular complexity index is 607. The fourth-order valence-corrected chi connectivity index (χ4v) is 2.44. The summed E-state index contributed by atoms with van der Waals surface area (Å²) in [6, 6.07) is 9.36. The molecule has 6 heteroatoms. The monoisotopic (exact) mass is 305 g/mol. The molecule has 1 amide bonds. The SMILES string of the molecule is CC(NC(=O)COC(=O)c1ccc(O)cc1)c1cccs1. The quantitative estimate of drug-likeness (QED) is 0.832. The number of benzene rings is 1. The smallest absolute Gasteiger partial charge is 0.338 e. The van der Waals surface area contributed by atoms with Gasteiger partial charge in [0.05, 0.1) is 11.6 Å². The highest BCUT2D eigenvalue weighted by atomic mass is 32.1. The van der Waals surface area contributed by atoms with E-state index in [1.807, 2.05) is 24.4 Å². The van der Waals surface area contributed by atoms with Crippen LogP contribution in [0, 0.1) is 0 Å². The van der Waals surface area contributed by atoms with Crippen molar-refractivity contribution in [3.8, 4) is 5.75 Å². The van der Waals surface area contributed by atoms with E-state index in [-0.39, 0.29) is 29.9 Å². The largest absolute Gasteiger partial charge is 0.508 e. The van der Waals surface area contributed by atoms with E-state index < -0.39 is 5.97 Å². The minimum absolute atomic E-state index is 0.0639. The molecule has 21 heavy (non-hydrogen) atoms. The lowest BCUT2D eigenvalue weighted by Crippen LogP contribution is -2.30. The molecule has 0 spiro atoms. The summed E-state index contributed by atoms with van der Waals surface area (Å²) in [5.41, 5.74) is 0.284. The number of hydrogen-bond donors (Lipinski definition) is 2. The normalized spacial score (nSPS) is 11.7. The fourth-order valence-electron chi connectivity index (χ4n) is 1.70. The van der Waals surface area contributed by atoms with Gasteiger partial charge in [-0.15, -0.1) is 11.3 Å². The third-order valence-electron chi connectivity index (χ3n) is 2.78. The average Bonchev–Trinajstić information content (AvgIpc) is 3.00. The van der Waals surface area contributed by atoms with E-state index in [4.69, 9.17) is 9.84 Å². The van der Waals surface area contributed by atoms with Crippen molar-refractivity contribution < 1.29 is 19.4 Å². The topological polar surface area (TPSA) is 75.6 Å². The Hall–Kier alpha value is -2.34. The number of nitrogens with one attached hydrogen (secondary N) is 1. The molecule has 0 aliphatic heterocycles. The standard InChI is InChI=1S/C15H15NO4S/c1-10(13-3-2-8-21-13)16-14(18)9-20-15(19)11-4-6-12(17)7-5-11/h2-8,10,17H,9H2,1H3,(H,16,18). The Kier molecular flexibility index (Phi) is 4.94. The van der Waals surface area contributed by atoms with Crippen LogP contribution in [0.4, 0.5) is 0 Å². The summed E-state index contributed by atoms with van der Waals surface area (Å²) in [4.78, 5) is 24.4. The van der Waals surface area contributed by atoms with Gasteiger partial charge in [0.1, 0.15) is 5.75 Å². The van der Waals surface area contributed by atoms with Crippen molar-refractivity contribution in [3.63, 3.8) is 0 Å². The Labute approximate surface area is 126 Å². The van der Waals surface area contributed by atoms with Crippen molar-refractivity contribution >= 4 is 23.2 Å². The second kappa shape index (κ2) is 6.90. The molecule has 2 aromatic rings. The molecule has 1 heterocycles. The van der Waals surface area contributed by atoms with E-state index in [9.17, 15) is 9.59 Å². The molecular weight excluding hydrogens is 290 g/mol. The number of phenols is 1. The van der Waals surface area contributed by atoms with Crippen LogP contribution < -0.4 is 5.32 Å². The summed E-state index contributed by atoms with van der Waals surface area (Å²) < 4.78 is 4.92. The third kappa shape index (κ3) is 4.32. The summed E-state index contributed by atoms with van der Waals surface area (Å²) in [5, 5.41) is 13.8. The van der Waals surface area contributed by atoms with E-state index in [2.05, 4.69) is 5.32 Å². The van der Waals surface area contributed by atoms with Crippen LogP contribution in [0.2, 0.25) is 0 Å². The van der Waals surface area contributed by atoms with Gasteiger partial charge in [-0.1, -0.05) is 6.07 Å². The van der Waals surface area contributed by atoms with Gasteiger partial charge >= 0.3 is 5.97 Å². The molecule has 110 valence electrons. The number of carbonyl (C=O) groups excluding carboxylic acids is 2. The molecular formula is C15H15NO4S. The average molecular weight is 305 g/mol. The molecule has 2 rings (SSSR count). The maximum absolute atomic E-state index is 11.7. The molecule has 0 aliphatic rings. The van der Waals surface area contributed by atoms with Gasteiger partial charge in [-0.05, 0) is 42.6 Å². The van der Waals surface area contributed by atoms with Gasteiger partial charge in [0.15, 0.2) is 6.61 Å². The first kappa shape index (κ1) is 15.1. The summed E-state index contributed by atoms with van der Waals surface area (Å²) in [5.74, 6) is -0.897. The molecule has 0 saturated heterocycles. The number of ether oxygens (including phenoxy) is 1. The van der Waals surface area contributed by atoms with Crippen molar-refractivity contribution in [1.29, 1.82) is 0 Å². The van der Waals surface area contributed by atoms with Crippen LogP contribution in [0.3, 0.4) is 0 Å². The van der Waals surface area contributed by atoms with Gasteiger partial charge in [0.2, 0.25) is 0 Å². The van der Waals surface area contributed by atoms with Crippen molar-refractivity contribution in [3.05, 3.63) is 52.2 Å². The summed E-state index contributed by atoms with van der Waals surface area (Å²) in [6.07, 6.45) is 0. The second-order valence-electron chi connectivity index (χ2n) is 4.43. The van der Waals surface area contributed by atoms with E-state index in [0.29, 0.717) is 0 Å². The summed E-state index contributed by atoms with van der Waals surface area (Å²) in [7, 11) is 0. The molecule has 5 nitrogen and oxygen atoms in total. The Morgan fingerprint density at radius 1 is 1.29 bits per heavy atom. The number of amides is 1. The Morgan fingerprint density at radius 3 is 2.62 bits per heavy atom. The van der Waals surface area contributed by atoms with E-state index in [0.717, 1.165) is 4.88 Å². The lowest BCUT2D eigenvalue weighted by molar-refractivity contribution is -0.124. The molecule has 0 fully saturated rings. The molecule has 1 aromatic carbocycles. The van der Waals surface area contributed by atoms with Crippen molar-refractivity contribution in [2.75, 3.05) is 6.61 Å². The first-order valence-corrected chi connectivity index (χ1v) is 7.23. The van der Waals surface area contributed by atoms with Gasteiger partial charge in [0.25, 0.3) is 5.91 Å². The van der Waals surface area contributed by atoms with Crippen LogP contribution in [0.15, 0.2) is 41.8 Å². The lowest BCUT2D eigenvalue weighted by atomic mass is 10.2. The van der Waals surface area contributed by atoms with Crippen LogP contribution in [0.25, 0.3) is 0 Å². The van der Waals surface area contributed by atoms with Crippen molar-refractivity contribution in [2.45, 2.75) is 13.0 Å². The highest BCUT2D eigenvalue weighted by Crippen LogP contribution is 2.17. The van der Waals surface area contributed by atoms with E-state index >= 15 is 0 Å².